The van der Waals surface area contributed by atoms with Crippen molar-refractivity contribution in [2.75, 3.05) is 12.9 Å². The number of methoxy groups -OCH3 is 1. The summed E-state index contributed by atoms with van der Waals surface area (Å²) in [6.45, 7) is 2.59. The van der Waals surface area contributed by atoms with Gasteiger partial charge in [-0.1, -0.05) is 36.0 Å². The van der Waals surface area contributed by atoms with Crippen LogP contribution in [0.15, 0.2) is 47.6 Å². The van der Waals surface area contributed by atoms with Crippen molar-refractivity contribution < 1.29 is 9.53 Å². The van der Waals surface area contributed by atoms with Crippen LogP contribution in [-0.4, -0.2) is 28.7 Å². The lowest BCUT2D eigenvalue weighted by molar-refractivity contribution is -0.118. The molecule has 0 aliphatic heterocycles. The molecule has 0 aliphatic carbocycles. The van der Waals surface area contributed by atoms with E-state index >= 15 is 0 Å². The van der Waals surface area contributed by atoms with Crippen molar-refractivity contribution in [3.63, 3.8) is 0 Å². The quantitative estimate of drug-likeness (QED) is 0.675. The van der Waals surface area contributed by atoms with Crippen molar-refractivity contribution in [2.45, 2.75) is 18.6 Å². The summed E-state index contributed by atoms with van der Waals surface area (Å²) in [6, 6.07) is 13.7. The molecule has 0 unspecified atom stereocenters. The van der Waals surface area contributed by atoms with E-state index in [4.69, 9.17) is 4.74 Å². The summed E-state index contributed by atoms with van der Waals surface area (Å²) in [5.74, 6) is 1.09. The van der Waals surface area contributed by atoms with Crippen LogP contribution < -0.4 is 10.1 Å². The molecule has 1 heterocycles. The number of hydrogen-bond donors (Lipinski definition) is 2. The normalized spacial score (nSPS) is 10.8. The average molecular weight is 341 g/mol. The van der Waals surface area contributed by atoms with E-state index in [1.54, 1.807) is 7.11 Å². The molecular formula is C18H19N3O2S. The molecule has 0 saturated carbocycles. The molecule has 0 atom stereocenters. The van der Waals surface area contributed by atoms with Gasteiger partial charge in [0.05, 0.1) is 23.9 Å². The molecule has 0 aliphatic rings. The predicted octanol–water partition coefficient (Wildman–Crippen LogP) is 3.29. The Kier molecular flexibility index (Phi) is 5.05. The summed E-state index contributed by atoms with van der Waals surface area (Å²) >= 11 is 1.39. The molecule has 0 fully saturated rings. The van der Waals surface area contributed by atoms with Crippen molar-refractivity contribution in [1.82, 2.24) is 15.3 Å². The molecule has 124 valence electrons. The number of benzene rings is 2. The first kappa shape index (κ1) is 16.4. The number of thioether (sulfide) groups is 1. The molecule has 24 heavy (non-hydrogen) atoms. The smallest absolute Gasteiger partial charge is 0.230 e. The summed E-state index contributed by atoms with van der Waals surface area (Å²) in [7, 11) is 1.63. The molecule has 6 heteroatoms. The number of carbonyl (C=O) groups is 1. The van der Waals surface area contributed by atoms with Gasteiger partial charge in [0.15, 0.2) is 5.16 Å². The fourth-order valence-electron chi connectivity index (χ4n) is 2.35. The zero-order valence-electron chi connectivity index (χ0n) is 13.6. The lowest BCUT2D eigenvalue weighted by Crippen LogP contribution is -2.24. The number of imidazole rings is 1. The van der Waals surface area contributed by atoms with Gasteiger partial charge in [-0.05, 0) is 30.2 Å². The van der Waals surface area contributed by atoms with Gasteiger partial charge in [-0.3, -0.25) is 4.79 Å². The molecule has 2 N–H and O–H groups in total. The van der Waals surface area contributed by atoms with Crippen LogP contribution in [0.2, 0.25) is 0 Å². The Balaban J connectivity index is 1.55. The fourth-order valence-corrected chi connectivity index (χ4v) is 3.06. The van der Waals surface area contributed by atoms with E-state index in [1.807, 2.05) is 49.4 Å². The number of rotatable bonds is 6. The SMILES string of the molecule is COc1ccc2nc(SCC(=O)NCc3ccccc3C)[nH]c2c1. The van der Waals surface area contributed by atoms with E-state index in [-0.39, 0.29) is 5.91 Å². The van der Waals surface area contributed by atoms with Gasteiger partial charge in [0, 0.05) is 12.6 Å². The minimum absolute atomic E-state index is 0.0127. The van der Waals surface area contributed by atoms with Gasteiger partial charge in [0.1, 0.15) is 5.75 Å². The highest BCUT2D eigenvalue weighted by atomic mass is 32.2. The summed E-state index contributed by atoms with van der Waals surface area (Å²) < 4.78 is 5.19. The fraction of sp³-hybridized carbons (Fsp3) is 0.222. The van der Waals surface area contributed by atoms with Crippen LogP contribution in [0.3, 0.4) is 0 Å². The Morgan fingerprint density at radius 1 is 1.29 bits per heavy atom. The number of aromatic nitrogens is 2. The lowest BCUT2D eigenvalue weighted by atomic mass is 10.1. The van der Waals surface area contributed by atoms with Gasteiger partial charge in [0.2, 0.25) is 5.91 Å². The Morgan fingerprint density at radius 3 is 2.92 bits per heavy atom. The number of fused-ring (bicyclic) bond motifs is 1. The molecule has 5 nitrogen and oxygen atoms in total. The van der Waals surface area contributed by atoms with Crippen LogP contribution in [0, 0.1) is 6.92 Å². The highest BCUT2D eigenvalue weighted by Crippen LogP contribution is 2.23. The maximum atomic E-state index is 12.0. The van der Waals surface area contributed by atoms with E-state index in [1.165, 1.54) is 17.3 Å². The molecule has 1 aromatic heterocycles. The van der Waals surface area contributed by atoms with E-state index in [0.29, 0.717) is 12.3 Å². The lowest BCUT2D eigenvalue weighted by Gasteiger charge is -2.07. The second-order valence-electron chi connectivity index (χ2n) is 5.42. The molecule has 1 amide bonds. The number of ether oxygens (including phenoxy) is 1. The van der Waals surface area contributed by atoms with Crippen molar-refractivity contribution in [3.05, 3.63) is 53.6 Å². The Hall–Kier alpha value is -2.47. The maximum Gasteiger partial charge on any atom is 0.230 e. The van der Waals surface area contributed by atoms with Crippen LogP contribution in [0.25, 0.3) is 11.0 Å². The Labute approximate surface area is 144 Å². The number of hydrogen-bond acceptors (Lipinski definition) is 4. The molecule has 3 rings (SSSR count). The van der Waals surface area contributed by atoms with Crippen LogP contribution in [0.4, 0.5) is 0 Å². The summed E-state index contributed by atoms with van der Waals surface area (Å²) in [5, 5.41) is 3.67. The Morgan fingerprint density at radius 2 is 2.12 bits per heavy atom. The van der Waals surface area contributed by atoms with E-state index in [0.717, 1.165) is 27.5 Å². The third-order valence-electron chi connectivity index (χ3n) is 3.74. The molecule has 2 aromatic carbocycles. The number of aryl methyl sites for hydroxylation is 1. The zero-order valence-corrected chi connectivity index (χ0v) is 14.4. The number of nitrogens with zero attached hydrogens (tertiary/aromatic N) is 1. The van der Waals surface area contributed by atoms with Gasteiger partial charge in [-0.15, -0.1) is 0 Å². The largest absolute Gasteiger partial charge is 0.497 e. The minimum Gasteiger partial charge on any atom is -0.497 e. The first-order valence-corrected chi connectivity index (χ1v) is 8.62. The number of H-pyrrole nitrogens is 1. The van der Waals surface area contributed by atoms with Crippen LogP contribution in [0.1, 0.15) is 11.1 Å². The molecule has 0 bridgehead atoms. The first-order chi connectivity index (χ1) is 11.7. The predicted molar refractivity (Wildman–Crippen MR) is 96.4 cm³/mol. The number of aromatic amines is 1. The molecule has 0 spiro atoms. The second kappa shape index (κ2) is 7.40. The van der Waals surface area contributed by atoms with E-state index < -0.39 is 0 Å². The summed E-state index contributed by atoms with van der Waals surface area (Å²) in [6.07, 6.45) is 0. The Bertz CT molecular complexity index is 860. The van der Waals surface area contributed by atoms with E-state index in [9.17, 15) is 4.79 Å². The standard InChI is InChI=1S/C18H19N3O2S/c1-12-5-3-4-6-13(12)10-19-17(22)11-24-18-20-15-8-7-14(23-2)9-16(15)21-18/h3-9H,10-11H2,1-2H3,(H,19,22)(H,20,21). The van der Waals surface area contributed by atoms with Crippen LogP contribution >= 0.6 is 11.8 Å². The van der Waals surface area contributed by atoms with Gasteiger partial charge >= 0.3 is 0 Å². The van der Waals surface area contributed by atoms with Crippen molar-refractivity contribution in [1.29, 1.82) is 0 Å². The number of carbonyl (C=O) groups excluding carboxylic acids is 1. The van der Waals surface area contributed by atoms with Gasteiger partial charge < -0.3 is 15.0 Å². The van der Waals surface area contributed by atoms with Crippen molar-refractivity contribution >= 4 is 28.7 Å². The summed E-state index contributed by atoms with van der Waals surface area (Å²) in [5.41, 5.74) is 4.07. The van der Waals surface area contributed by atoms with E-state index in [2.05, 4.69) is 15.3 Å². The van der Waals surface area contributed by atoms with Gasteiger partial charge in [0.25, 0.3) is 0 Å². The maximum absolute atomic E-state index is 12.0. The second-order valence-corrected chi connectivity index (χ2v) is 6.38. The topological polar surface area (TPSA) is 67.0 Å². The van der Waals surface area contributed by atoms with Crippen molar-refractivity contribution in [3.8, 4) is 5.75 Å². The highest BCUT2D eigenvalue weighted by Gasteiger charge is 2.08. The van der Waals surface area contributed by atoms with Gasteiger partial charge in [-0.25, -0.2) is 4.98 Å². The highest BCUT2D eigenvalue weighted by molar-refractivity contribution is 7.99. The van der Waals surface area contributed by atoms with Crippen LogP contribution in [-0.2, 0) is 11.3 Å². The molecule has 0 saturated heterocycles. The number of amides is 1. The molecule has 3 aromatic rings. The third kappa shape index (κ3) is 3.89. The number of nitrogens with one attached hydrogen (secondary N) is 2. The monoisotopic (exact) mass is 341 g/mol. The third-order valence-corrected chi connectivity index (χ3v) is 4.62. The average Bonchev–Trinajstić information content (AvgIpc) is 3.01. The molecule has 0 radical (unpaired) electrons. The molecular weight excluding hydrogens is 322 g/mol. The minimum atomic E-state index is -0.0127. The van der Waals surface area contributed by atoms with Gasteiger partial charge in [-0.2, -0.15) is 0 Å². The van der Waals surface area contributed by atoms with Crippen LogP contribution in [0.5, 0.6) is 5.75 Å². The zero-order chi connectivity index (χ0) is 16.9. The van der Waals surface area contributed by atoms with Crippen molar-refractivity contribution in [2.24, 2.45) is 0 Å². The summed E-state index contributed by atoms with van der Waals surface area (Å²) in [4.78, 5) is 19.7. The first-order valence-electron chi connectivity index (χ1n) is 7.63.